The molecule has 2 N–H and O–H groups in total. The highest BCUT2D eigenvalue weighted by molar-refractivity contribution is 5.77. The third-order valence-corrected chi connectivity index (χ3v) is 4.33. The van der Waals surface area contributed by atoms with Crippen LogP contribution in [0.1, 0.15) is 23.0 Å². The number of aromatic amines is 1. The fraction of sp³-hybridized carbons (Fsp3) is 0.412. The van der Waals surface area contributed by atoms with Gasteiger partial charge in [0.25, 0.3) is 0 Å². The second-order valence-corrected chi connectivity index (χ2v) is 5.57. The highest BCUT2D eigenvalue weighted by atomic mass is 16.5. The van der Waals surface area contributed by atoms with Gasteiger partial charge in [-0.05, 0) is 12.1 Å². The monoisotopic (exact) mass is 347 g/mol. The molecule has 1 aliphatic heterocycles. The first kappa shape index (κ1) is 17.1. The van der Waals surface area contributed by atoms with Gasteiger partial charge in [-0.25, -0.2) is 4.98 Å². The number of hydrogen-bond donors (Lipinski definition) is 2. The second kappa shape index (κ2) is 7.02. The summed E-state index contributed by atoms with van der Waals surface area (Å²) in [7, 11) is 6.05. The first-order valence-electron chi connectivity index (χ1n) is 7.79. The van der Waals surface area contributed by atoms with Crippen molar-refractivity contribution in [1.82, 2.24) is 15.3 Å². The second-order valence-electron chi connectivity index (χ2n) is 5.57. The van der Waals surface area contributed by atoms with Crippen LogP contribution < -0.4 is 19.5 Å². The number of esters is 1. The highest BCUT2D eigenvalue weighted by Gasteiger charge is 2.36. The first-order valence-corrected chi connectivity index (χ1v) is 7.79. The van der Waals surface area contributed by atoms with Crippen LogP contribution in [0.3, 0.4) is 0 Å². The third kappa shape index (κ3) is 2.89. The Balaban J connectivity index is 2.10. The van der Waals surface area contributed by atoms with Gasteiger partial charge in [0.1, 0.15) is 6.04 Å². The van der Waals surface area contributed by atoms with E-state index in [-0.39, 0.29) is 12.0 Å². The van der Waals surface area contributed by atoms with Crippen molar-refractivity contribution in [2.24, 2.45) is 0 Å². The Bertz CT molecular complexity index is 774. The van der Waals surface area contributed by atoms with Crippen molar-refractivity contribution in [2.75, 3.05) is 28.4 Å². The molecule has 0 radical (unpaired) electrons. The van der Waals surface area contributed by atoms with E-state index in [0.717, 1.165) is 17.0 Å². The zero-order valence-corrected chi connectivity index (χ0v) is 14.6. The SMILES string of the molecule is COC(=O)[C@@H]1Cc2[nH]cnc2[C@H](c2ccc(OC)c(OC)c2OC)N1. The van der Waals surface area contributed by atoms with E-state index in [1.54, 1.807) is 33.7 Å². The quantitative estimate of drug-likeness (QED) is 0.785. The summed E-state index contributed by atoms with van der Waals surface area (Å²) in [6, 6.07) is 2.83. The average molecular weight is 347 g/mol. The summed E-state index contributed by atoms with van der Waals surface area (Å²) in [6.07, 6.45) is 2.10. The van der Waals surface area contributed by atoms with Crippen molar-refractivity contribution in [3.63, 3.8) is 0 Å². The van der Waals surface area contributed by atoms with Gasteiger partial charge in [0, 0.05) is 17.7 Å². The number of imidazole rings is 1. The van der Waals surface area contributed by atoms with Gasteiger partial charge < -0.3 is 23.9 Å². The Hall–Kier alpha value is -2.74. The van der Waals surface area contributed by atoms with E-state index in [9.17, 15) is 4.79 Å². The van der Waals surface area contributed by atoms with Gasteiger partial charge in [0.15, 0.2) is 11.5 Å². The molecule has 0 bridgehead atoms. The van der Waals surface area contributed by atoms with Crippen molar-refractivity contribution in [3.05, 3.63) is 35.4 Å². The van der Waals surface area contributed by atoms with Crippen molar-refractivity contribution in [3.8, 4) is 17.2 Å². The van der Waals surface area contributed by atoms with Crippen LogP contribution in [0, 0.1) is 0 Å². The number of carbonyl (C=O) groups excluding carboxylic acids is 1. The van der Waals surface area contributed by atoms with E-state index < -0.39 is 6.04 Å². The van der Waals surface area contributed by atoms with Crippen LogP contribution in [0.2, 0.25) is 0 Å². The average Bonchev–Trinajstić information content (AvgIpc) is 3.13. The molecule has 0 saturated carbocycles. The van der Waals surface area contributed by atoms with Crippen molar-refractivity contribution < 1.29 is 23.7 Å². The smallest absolute Gasteiger partial charge is 0.323 e. The van der Waals surface area contributed by atoms with Crippen LogP contribution in [0.5, 0.6) is 17.2 Å². The first-order chi connectivity index (χ1) is 12.1. The van der Waals surface area contributed by atoms with Crippen LogP contribution in [0.15, 0.2) is 18.5 Å². The minimum absolute atomic E-state index is 0.329. The summed E-state index contributed by atoms with van der Waals surface area (Å²) in [5, 5.41) is 3.29. The summed E-state index contributed by atoms with van der Waals surface area (Å²) in [4.78, 5) is 19.6. The molecule has 1 aliphatic rings. The summed E-state index contributed by atoms with van der Waals surface area (Å²) < 4.78 is 21.3. The van der Waals surface area contributed by atoms with Gasteiger partial charge in [0.05, 0.1) is 46.5 Å². The van der Waals surface area contributed by atoms with Gasteiger partial charge in [-0.1, -0.05) is 0 Å². The van der Waals surface area contributed by atoms with E-state index in [0.29, 0.717) is 23.7 Å². The number of nitrogens with one attached hydrogen (secondary N) is 2. The van der Waals surface area contributed by atoms with E-state index in [2.05, 4.69) is 15.3 Å². The minimum Gasteiger partial charge on any atom is -0.493 e. The predicted molar refractivity (Wildman–Crippen MR) is 89.2 cm³/mol. The number of aromatic nitrogens is 2. The lowest BCUT2D eigenvalue weighted by atomic mass is 9.93. The van der Waals surface area contributed by atoms with E-state index in [1.165, 1.54) is 7.11 Å². The van der Waals surface area contributed by atoms with Crippen LogP contribution in [-0.2, 0) is 16.0 Å². The maximum absolute atomic E-state index is 12.1. The molecule has 2 atom stereocenters. The standard InChI is InChI=1S/C17H21N3O5/c1-22-12-6-5-9(15(23-2)16(12)24-3)13-14-10(18-8-19-14)7-11(20-13)17(21)25-4/h5-6,8,11,13,20H,7H2,1-4H3,(H,18,19)/t11-,13-/m0/s1. The Morgan fingerprint density at radius 1 is 1.12 bits per heavy atom. The molecule has 0 fully saturated rings. The highest BCUT2D eigenvalue weighted by Crippen LogP contribution is 2.44. The van der Waals surface area contributed by atoms with Crippen LogP contribution in [-0.4, -0.2) is 50.4 Å². The molecule has 134 valence electrons. The van der Waals surface area contributed by atoms with Crippen molar-refractivity contribution >= 4 is 5.97 Å². The summed E-state index contributed by atoms with van der Waals surface area (Å²) in [5.74, 6) is 1.25. The zero-order valence-electron chi connectivity index (χ0n) is 14.6. The van der Waals surface area contributed by atoms with Gasteiger partial charge >= 0.3 is 5.97 Å². The lowest BCUT2D eigenvalue weighted by Gasteiger charge is -2.30. The molecule has 25 heavy (non-hydrogen) atoms. The molecule has 8 heteroatoms. The van der Waals surface area contributed by atoms with Gasteiger partial charge in [-0.3, -0.25) is 10.1 Å². The van der Waals surface area contributed by atoms with E-state index in [1.807, 2.05) is 6.07 Å². The predicted octanol–water partition coefficient (Wildman–Crippen LogP) is 1.21. The number of rotatable bonds is 5. The number of methoxy groups -OCH3 is 4. The van der Waals surface area contributed by atoms with E-state index >= 15 is 0 Å². The van der Waals surface area contributed by atoms with Gasteiger partial charge in [-0.15, -0.1) is 0 Å². The lowest BCUT2D eigenvalue weighted by molar-refractivity contribution is -0.143. The van der Waals surface area contributed by atoms with Crippen LogP contribution in [0.25, 0.3) is 0 Å². The molecule has 0 amide bonds. The number of hydrogen-bond acceptors (Lipinski definition) is 7. The number of H-pyrrole nitrogens is 1. The number of carbonyl (C=O) groups is 1. The van der Waals surface area contributed by atoms with E-state index in [4.69, 9.17) is 18.9 Å². The third-order valence-electron chi connectivity index (χ3n) is 4.33. The van der Waals surface area contributed by atoms with Crippen LogP contribution in [0.4, 0.5) is 0 Å². The van der Waals surface area contributed by atoms with Gasteiger partial charge in [0.2, 0.25) is 5.75 Å². The molecule has 0 unspecified atom stereocenters. The molecule has 1 aromatic carbocycles. The summed E-state index contributed by atoms with van der Waals surface area (Å²) in [5.41, 5.74) is 2.49. The Kier molecular flexibility index (Phi) is 4.80. The number of fused-ring (bicyclic) bond motifs is 1. The Morgan fingerprint density at radius 2 is 1.88 bits per heavy atom. The molecule has 8 nitrogen and oxygen atoms in total. The zero-order chi connectivity index (χ0) is 18.0. The fourth-order valence-electron chi connectivity index (χ4n) is 3.17. The molecule has 2 aromatic rings. The molecule has 0 spiro atoms. The molecule has 0 aliphatic carbocycles. The Morgan fingerprint density at radius 3 is 2.52 bits per heavy atom. The summed E-state index contributed by atoms with van der Waals surface area (Å²) >= 11 is 0. The molecule has 0 saturated heterocycles. The topological polar surface area (TPSA) is 94.7 Å². The number of nitrogens with zero attached hydrogens (tertiary/aromatic N) is 1. The molecular formula is C17H21N3O5. The molecule has 3 rings (SSSR count). The van der Waals surface area contributed by atoms with Crippen molar-refractivity contribution in [1.29, 1.82) is 0 Å². The minimum atomic E-state index is -0.485. The number of benzene rings is 1. The molecule has 2 heterocycles. The maximum atomic E-state index is 12.1. The lowest BCUT2D eigenvalue weighted by Crippen LogP contribution is -2.45. The maximum Gasteiger partial charge on any atom is 0.323 e. The van der Waals surface area contributed by atoms with Gasteiger partial charge in [-0.2, -0.15) is 0 Å². The summed E-state index contributed by atoms with van der Waals surface area (Å²) in [6.45, 7) is 0. The molecular weight excluding hydrogens is 326 g/mol. The normalized spacial score (nSPS) is 19.0. The van der Waals surface area contributed by atoms with Crippen molar-refractivity contribution in [2.45, 2.75) is 18.5 Å². The fourth-order valence-corrected chi connectivity index (χ4v) is 3.17. The number of ether oxygens (including phenoxy) is 4. The van der Waals surface area contributed by atoms with Crippen LogP contribution >= 0.6 is 0 Å². The largest absolute Gasteiger partial charge is 0.493 e. The Labute approximate surface area is 145 Å². The molecule has 1 aromatic heterocycles.